The minimum Gasteiger partial charge on any atom is -0.496 e. The summed E-state index contributed by atoms with van der Waals surface area (Å²) in [5, 5.41) is 42.3. The van der Waals surface area contributed by atoms with E-state index < -0.39 is 23.4 Å². The van der Waals surface area contributed by atoms with Gasteiger partial charge < -0.3 is 25.2 Å². The van der Waals surface area contributed by atoms with Crippen molar-refractivity contribution in [1.29, 1.82) is 0 Å². The number of benzene rings is 1. The molecule has 0 radical (unpaired) electrons. The maximum absolute atomic E-state index is 11.0. The second kappa shape index (κ2) is 4.95. The van der Waals surface area contributed by atoms with Gasteiger partial charge in [-0.25, -0.2) is 0 Å². The predicted molar refractivity (Wildman–Crippen MR) is 78.1 cm³/mol. The average Bonchev–Trinajstić information content (AvgIpc) is 2.42. The van der Waals surface area contributed by atoms with E-state index >= 15 is 0 Å². The average molecular weight is 296 g/mol. The third kappa shape index (κ3) is 2.07. The number of fused-ring (bicyclic) bond motifs is 1. The normalized spacial score (nSPS) is 35.7. The fourth-order valence-corrected chi connectivity index (χ4v) is 3.18. The summed E-state index contributed by atoms with van der Waals surface area (Å²) in [4.78, 5) is 0. The third-order valence-corrected chi connectivity index (χ3v) is 4.72. The van der Waals surface area contributed by atoms with Gasteiger partial charge in [-0.3, -0.25) is 0 Å². The molecule has 0 saturated carbocycles. The van der Waals surface area contributed by atoms with E-state index in [9.17, 15) is 20.4 Å². The van der Waals surface area contributed by atoms with Crippen LogP contribution in [-0.4, -0.2) is 39.7 Å². The molecule has 0 heterocycles. The standard InChI is InChI=1S/C16H24O5/c1-8(2)16(20)11-6-9(3)12(21-5)7-10(11)15(4,19)13(17)14(16)18/h6-8,13-14,17-20H,1-5H3/t13?,14?,15-,16?/m1/s1. The van der Waals surface area contributed by atoms with Crippen LogP contribution in [0.4, 0.5) is 0 Å². The van der Waals surface area contributed by atoms with Gasteiger partial charge in [-0.05, 0) is 48.6 Å². The molecule has 3 unspecified atom stereocenters. The molecule has 4 atom stereocenters. The monoisotopic (exact) mass is 296 g/mol. The first-order valence-corrected chi connectivity index (χ1v) is 7.08. The first kappa shape index (κ1) is 16.2. The third-order valence-electron chi connectivity index (χ3n) is 4.72. The van der Waals surface area contributed by atoms with Crippen LogP contribution in [-0.2, 0) is 11.2 Å². The molecule has 21 heavy (non-hydrogen) atoms. The minimum atomic E-state index is -1.67. The summed E-state index contributed by atoms with van der Waals surface area (Å²) in [6.45, 7) is 6.78. The lowest BCUT2D eigenvalue weighted by molar-refractivity contribution is -0.216. The van der Waals surface area contributed by atoms with Crippen LogP contribution >= 0.6 is 0 Å². The van der Waals surface area contributed by atoms with Gasteiger partial charge in [0.2, 0.25) is 0 Å². The van der Waals surface area contributed by atoms with E-state index in [0.717, 1.165) is 5.56 Å². The van der Waals surface area contributed by atoms with Crippen molar-refractivity contribution in [2.45, 2.75) is 51.1 Å². The molecule has 0 saturated heterocycles. The van der Waals surface area contributed by atoms with Crippen LogP contribution in [0.15, 0.2) is 12.1 Å². The molecule has 4 N–H and O–H groups in total. The Hall–Kier alpha value is -1.14. The van der Waals surface area contributed by atoms with E-state index in [1.165, 1.54) is 14.0 Å². The molecule has 2 rings (SSSR count). The largest absolute Gasteiger partial charge is 0.496 e. The highest BCUT2D eigenvalue weighted by atomic mass is 16.5. The van der Waals surface area contributed by atoms with Crippen LogP contribution in [0.5, 0.6) is 5.75 Å². The summed E-state index contributed by atoms with van der Waals surface area (Å²) >= 11 is 0. The van der Waals surface area contributed by atoms with Crippen molar-refractivity contribution in [3.63, 3.8) is 0 Å². The molecule has 0 bridgehead atoms. The maximum Gasteiger partial charge on any atom is 0.122 e. The molecular formula is C16H24O5. The van der Waals surface area contributed by atoms with Gasteiger partial charge >= 0.3 is 0 Å². The topological polar surface area (TPSA) is 90.2 Å². The second-order valence-corrected chi connectivity index (χ2v) is 6.38. The maximum atomic E-state index is 11.0. The van der Waals surface area contributed by atoms with Crippen LogP contribution < -0.4 is 4.74 Å². The smallest absolute Gasteiger partial charge is 0.122 e. The molecule has 1 aromatic rings. The number of aryl methyl sites for hydroxylation is 1. The Morgan fingerprint density at radius 1 is 1.10 bits per heavy atom. The van der Waals surface area contributed by atoms with Gasteiger partial charge in [-0.1, -0.05) is 13.8 Å². The molecule has 0 amide bonds. The van der Waals surface area contributed by atoms with Gasteiger partial charge in [0, 0.05) is 0 Å². The summed E-state index contributed by atoms with van der Waals surface area (Å²) in [6.07, 6.45) is -2.97. The number of aliphatic hydroxyl groups is 4. The Morgan fingerprint density at radius 2 is 1.67 bits per heavy atom. The van der Waals surface area contributed by atoms with E-state index in [-0.39, 0.29) is 5.92 Å². The van der Waals surface area contributed by atoms with Gasteiger partial charge in [-0.15, -0.1) is 0 Å². The molecule has 0 spiro atoms. The Kier molecular flexibility index (Phi) is 3.83. The van der Waals surface area contributed by atoms with Crippen molar-refractivity contribution in [1.82, 2.24) is 0 Å². The van der Waals surface area contributed by atoms with E-state index in [0.29, 0.717) is 16.9 Å². The Labute approximate surface area is 124 Å². The van der Waals surface area contributed by atoms with E-state index in [1.54, 1.807) is 26.0 Å². The Bertz CT molecular complexity index is 552. The highest BCUT2D eigenvalue weighted by molar-refractivity contribution is 5.50. The Morgan fingerprint density at radius 3 is 2.14 bits per heavy atom. The fraction of sp³-hybridized carbons (Fsp3) is 0.625. The van der Waals surface area contributed by atoms with E-state index in [1.807, 2.05) is 6.92 Å². The van der Waals surface area contributed by atoms with Crippen molar-refractivity contribution in [2.75, 3.05) is 7.11 Å². The van der Waals surface area contributed by atoms with Gasteiger partial charge in [0.05, 0.1) is 7.11 Å². The predicted octanol–water partition coefficient (Wildman–Crippen LogP) is 0.790. The highest BCUT2D eigenvalue weighted by Crippen LogP contribution is 2.48. The molecule has 0 aromatic heterocycles. The van der Waals surface area contributed by atoms with Crippen molar-refractivity contribution in [2.24, 2.45) is 5.92 Å². The molecule has 1 aromatic carbocycles. The number of hydrogen-bond acceptors (Lipinski definition) is 5. The number of rotatable bonds is 2. The molecule has 5 heteroatoms. The molecule has 1 aliphatic carbocycles. The first-order chi connectivity index (χ1) is 9.58. The van der Waals surface area contributed by atoms with Crippen molar-refractivity contribution < 1.29 is 25.2 Å². The number of aliphatic hydroxyl groups excluding tert-OH is 2. The van der Waals surface area contributed by atoms with Crippen molar-refractivity contribution in [3.8, 4) is 5.75 Å². The Balaban J connectivity index is 2.82. The summed E-state index contributed by atoms with van der Waals surface area (Å²) in [6, 6.07) is 3.32. The minimum absolute atomic E-state index is 0.343. The summed E-state index contributed by atoms with van der Waals surface area (Å²) in [5.74, 6) is 0.216. The van der Waals surface area contributed by atoms with Crippen LogP contribution in [0.1, 0.15) is 37.5 Å². The number of hydrogen-bond donors (Lipinski definition) is 4. The molecule has 1 aliphatic rings. The fourth-order valence-electron chi connectivity index (χ4n) is 3.18. The number of ether oxygens (including phenoxy) is 1. The lowest BCUT2D eigenvalue weighted by Crippen LogP contribution is -2.61. The van der Waals surface area contributed by atoms with Crippen LogP contribution in [0, 0.1) is 12.8 Å². The number of methoxy groups -OCH3 is 1. The second-order valence-electron chi connectivity index (χ2n) is 6.38. The van der Waals surface area contributed by atoms with Gasteiger partial charge in [0.1, 0.15) is 29.2 Å². The zero-order valence-electron chi connectivity index (χ0n) is 13.1. The SMILES string of the molecule is COc1cc2c(cc1C)C(O)(C(C)C)C(O)C(O)[C@]2(C)O. The molecule has 0 fully saturated rings. The summed E-state index contributed by atoms with van der Waals surface area (Å²) < 4.78 is 5.26. The van der Waals surface area contributed by atoms with Gasteiger partial charge in [0.25, 0.3) is 0 Å². The highest BCUT2D eigenvalue weighted by Gasteiger charge is 2.56. The zero-order chi connectivity index (χ0) is 16.2. The first-order valence-electron chi connectivity index (χ1n) is 7.08. The molecular weight excluding hydrogens is 272 g/mol. The van der Waals surface area contributed by atoms with E-state index in [2.05, 4.69) is 0 Å². The molecule has 0 aliphatic heterocycles. The lowest BCUT2D eigenvalue weighted by atomic mass is 9.64. The quantitative estimate of drug-likeness (QED) is 0.648. The molecule has 118 valence electrons. The van der Waals surface area contributed by atoms with Crippen LogP contribution in [0.3, 0.4) is 0 Å². The zero-order valence-corrected chi connectivity index (χ0v) is 13.1. The van der Waals surface area contributed by atoms with E-state index in [4.69, 9.17) is 4.74 Å². The summed E-state index contributed by atoms with van der Waals surface area (Å²) in [7, 11) is 1.52. The van der Waals surface area contributed by atoms with Crippen LogP contribution in [0.2, 0.25) is 0 Å². The summed E-state index contributed by atoms with van der Waals surface area (Å²) in [5.41, 5.74) is -1.71. The van der Waals surface area contributed by atoms with Crippen molar-refractivity contribution in [3.05, 3.63) is 28.8 Å². The van der Waals surface area contributed by atoms with Gasteiger partial charge in [-0.2, -0.15) is 0 Å². The van der Waals surface area contributed by atoms with Gasteiger partial charge in [0.15, 0.2) is 0 Å². The van der Waals surface area contributed by atoms with Crippen molar-refractivity contribution >= 4 is 0 Å². The van der Waals surface area contributed by atoms with Crippen LogP contribution in [0.25, 0.3) is 0 Å². The molecule has 5 nitrogen and oxygen atoms in total. The lowest BCUT2D eigenvalue weighted by Gasteiger charge is -2.50.